The van der Waals surface area contributed by atoms with Crippen molar-refractivity contribution in [3.05, 3.63) is 38.7 Å². The Hall–Kier alpha value is -0.980. The first-order valence-corrected chi connectivity index (χ1v) is 9.19. The number of hydrogen-bond acceptors (Lipinski definition) is 6. The summed E-state index contributed by atoms with van der Waals surface area (Å²) in [7, 11) is 1.38. The summed E-state index contributed by atoms with van der Waals surface area (Å²) in [6, 6.07) is 5.50. The third-order valence-electron chi connectivity index (χ3n) is 3.05. The molecule has 0 aromatic heterocycles. The molecule has 22 heavy (non-hydrogen) atoms. The van der Waals surface area contributed by atoms with Crippen molar-refractivity contribution >= 4 is 46.8 Å². The van der Waals surface area contributed by atoms with Gasteiger partial charge >= 0.3 is 5.97 Å². The zero-order valence-corrected chi connectivity index (χ0v) is 14.9. The third kappa shape index (κ3) is 4.76. The van der Waals surface area contributed by atoms with E-state index in [0.717, 1.165) is 27.7 Å². The highest BCUT2D eigenvalue weighted by Gasteiger charge is 2.16. The molecule has 1 aromatic rings. The Morgan fingerprint density at radius 1 is 1.36 bits per heavy atom. The highest BCUT2D eigenvalue weighted by molar-refractivity contribution is 8.22. The fourth-order valence-corrected chi connectivity index (χ4v) is 4.47. The van der Waals surface area contributed by atoms with Gasteiger partial charge in [0.1, 0.15) is 0 Å². The third-order valence-corrected chi connectivity index (χ3v) is 6.15. The SMILES string of the molecule is COC(=O)CC(N=Nc1cccc(Cl)c1C)=C1SCCCS1. The van der Waals surface area contributed by atoms with E-state index in [9.17, 15) is 4.79 Å². The van der Waals surface area contributed by atoms with Crippen molar-refractivity contribution in [1.29, 1.82) is 0 Å². The number of thioether (sulfide) groups is 2. The van der Waals surface area contributed by atoms with E-state index in [0.29, 0.717) is 16.4 Å². The number of carbonyl (C=O) groups excluding carboxylic acids is 1. The standard InChI is InChI=1S/C15H17ClN2O2S2/c1-10-11(16)5-3-6-12(10)17-18-13(9-14(19)20-2)15-21-7-4-8-22-15/h3,5-6H,4,7-9H2,1-2H3. The predicted molar refractivity (Wildman–Crippen MR) is 93.9 cm³/mol. The molecule has 1 fully saturated rings. The van der Waals surface area contributed by atoms with Crippen LogP contribution in [-0.4, -0.2) is 24.6 Å². The van der Waals surface area contributed by atoms with Crippen LogP contribution in [0.25, 0.3) is 0 Å². The number of rotatable bonds is 4. The summed E-state index contributed by atoms with van der Waals surface area (Å²) in [5.41, 5.74) is 2.25. The summed E-state index contributed by atoms with van der Waals surface area (Å²) in [5.74, 6) is 1.77. The van der Waals surface area contributed by atoms with Gasteiger partial charge in [0.25, 0.3) is 0 Å². The van der Waals surface area contributed by atoms with Crippen LogP contribution in [0.15, 0.2) is 38.4 Å². The number of esters is 1. The van der Waals surface area contributed by atoms with Crippen LogP contribution in [-0.2, 0) is 9.53 Å². The highest BCUT2D eigenvalue weighted by atomic mass is 35.5. The zero-order chi connectivity index (χ0) is 15.9. The molecule has 7 heteroatoms. The van der Waals surface area contributed by atoms with Gasteiger partial charge in [-0.25, -0.2) is 0 Å². The number of azo groups is 1. The molecule has 1 aliphatic rings. The largest absolute Gasteiger partial charge is 0.469 e. The number of methoxy groups -OCH3 is 1. The molecule has 0 atom stereocenters. The van der Waals surface area contributed by atoms with Gasteiger partial charge in [0.15, 0.2) is 0 Å². The Labute approximate surface area is 143 Å². The molecule has 1 saturated heterocycles. The van der Waals surface area contributed by atoms with E-state index in [1.165, 1.54) is 7.11 Å². The van der Waals surface area contributed by atoms with Crippen molar-refractivity contribution in [3.8, 4) is 0 Å². The number of ether oxygens (including phenoxy) is 1. The first kappa shape index (κ1) is 17.4. The van der Waals surface area contributed by atoms with Gasteiger partial charge in [0.2, 0.25) is 0 Å². The fourth-order valence-electron chi connectivity index (χ4n) is 1.77. The molecular formula is C15H17ClN2O2S2. The highest BCUT2D eigenvalue weighted by Crippen LogP contribution is 2.39. The molecule has 4 nitrogen and oxygen atoms in total. The molecule has 118 valence electrons. The van der Waals surface area contributed by atoms with Crippen molar-refractivity contribution < 1.29 is 9.53 Å². The molecule has 0 saturated carbocycles. The van der Waals surface area contributed by atoms with E-state index in [1.807, 2.05) is 25.1 Å². The Bertz CT molecular complexity index is 610. The van der Waals surface area contributed by atoms with Crippen LogP contribution < -0.4 is 0 Å². The van der Waals surface area contributed by atoms with Crippen LogP contribution in [0.1, 0.15) is 18.4 Å². The van der Waals surface area contributed by atoms with E-state index < -0.39 is 0 Å². The summed E-state index contributed by atoms with van der Waals surface area (Å²) >= 11 is 9.53. The van der Waals surface area contributed by atoms with Gasteiger partial charge in [0, 0.05) is 5.02 Å². The lowest BCUT2D eigenvalue weighted by Crippen LogP contribution is -2.03. The van der Waals surface area contributed by atoms with Crippen LogP contribution in [0.3, 0.4) is 0 Å². The van der Waals surface area contributed by atoms with Crippen LogP contribution in [0, 0.1) is 6.92 Å². The van der Waals surface area contributed by atoms with Crippen LogP contribution >= 0.6 is 35.1 Å². The van der Waals surface area contributed by atoms with Crippen molar-refractivity contribution in [2.24, 2.45) is 10.2 Å². The van der Waals surface area contributed by atoms with Gasteiger partial charge in [-0.15, -0.1) is 23.5 Å². The summed E-state index contributed by atoms with van der Waals surface area (Å²) in [5, 5.41) is 9.24. The van der Waals surface area contributed by atoms with E-state index >= 15 is 0 Å². The van der Waals surface area contributed by atoms with E-state index in [4.69, 9.17) is 16.3 Å². The molecule has 1 aromatic carbocycles. The number of nitrogens with zero attached hydrogens (tertiary/aromatic N) is 2. The second-order valence-corrected chi connectivity index (χ2v) is 7.50. The first-order chi connectivity index (χ1) is 10.6. The fraction of sp³-hybridized carbons (Fsp3) is 0.400. The number of halogens is 1. The van der Waals surface area contributed by atoms with E-state index in [1.54, 1.807) is 23.5 Å². The molecule has 0 unspecified atom stereocenters. The lowest BCUT2D eigenvalue weighted by atomic mass is 10.2. The summed E-state index contributed by atoms with van der Waals surface area (Å²) < 4.78 is 5.81. The molecule has 0 bridgehead atoms. The second-order valence-electron chi connectivity index (χ2n) is 4.62. The van der Waals surface area contributed by atoms with Gasteiger partial charge in [-0.2, -0.15) is 10.2 Å². The Morgan fingerprint density at radius 3 is 2.77 bits per heavy atom. The maximum atomic E-state index is 11.6. The Kier molecular flexibility index (Phi) is 6.79. The van der Waals surface area contributed by atoms with Crippen molar-refractivity contribution in [1.82, 2.24) is 0 Å². The zero-order valence-electron chi connectivity index (χ0n) is 12.5. The van der Waals surface area contributed by atoms with Gasteiger partial charge < -0.3 is 4.74 Å². The number of carbonyl (C=O) groups is 1. The average Bonchev–Trinajstić information content (AvgIpc) is 2.55. The van der Waals surface area contributed by atoms with Gasteiger partial charge in [-0.3, -0.25) is 4.79 Å². The molecule has 0 radical (unpaired) electrons. The molecule has 1 heterocycles. The first-order valence-electron chi connectivity index (χ1n) is 6.84. The maximum absolute atomic E-state index is 11.6. The van der Waals surface area contributed by atoms with Crippen molar-refractivity contribution in [2.45, 2.75) is 19.8 Å². The van der Waals surface area contributed by atoms with Gasteiger partial charge in [0.05, 0.1) is 29.2 Å². The monoisotopic (exact) mass is 356 g/mol. The van der Waals surface area contributed by atoms with Gasteiger partial charge in [-0.1, -0.05) is 17.7 Å². The Balaban J connectivity index is 2.27. The predicted octanol–water partition coefficient (Wildman–Crippen LogP) is 5.33. The lowest BCUT2D eigenvalue weighted by molar-refractivity contribution is -0.139. The van der Waals surface area contributed by atoms with Gasteiger partial charge in [-0.05, 0) is 42.5 Å². The molecule has 2 rings (SSSR count). The van der Waals surface area contributed by atoms with Crippen LogP contribution in [0.2, 0.25) is 5.02 Å². The van der Waals surface area contributed by atoms with E-state index in [2.05, 4.69) is 10.2 Å². The van der Waals surface area contributed by atoms with Crippen molar-refractivity contribution in [2.75, 3.05) is 18.6 Å². The Morgan fingerprint density at radius 2 is 2.09 bits per heavy atom. The second kappa shape index (κ2) is 8.60. The summed E-state index contributed by atoms with van der Waals surface area (Å²) in [6.45, 7) is 1.90. The number of benzene rings is 1. The summed E-state index contributed by atoms with van der Waals surface area (Å²) in [6.07, 6.45) is 1.30. The average molecular weight is 357 g/mol. The molecule has 0 amide bonds. The van der Waals surface area contributed by atoms with Crippen molar-refractivity contribution in [3.63, 3.8) is 0 Å². The molecular weight excluding hydrogens is 340 g/mol. The summed E-state index contributed by atoms with van der Waals surface area (Å²) in [4.78, 5) is 11.6. The molecule has 0 spiro atoms. The quantitative estimate of drug-likeness (QED) is 0.540. The topological polar surface area (TPSA) is 51.0 Å². The van der Waals surface area contributed by atoms with Crippen LogP contribution in [0.5, 0.6) is 0 Å². The normalized spacial score (nSPS) is 15.1. The lowest BCUT2D eigenvalue weighted by Gasteiger charge is -2.14. The molecule has 0 N–H and O–H groups in total. The molecule has 1 aliphatic heterocycles. The minimum atomic E-state index is -0.309. The smallest absolute Gasteiger partial charge is 0.311 e. The minimum Gasteiger partial charge on any atom is -0.469 e. The van der Waals surface area contributed by atoms with Crippen LogP contribution in [0.4, 0.5) is 5.69 Å². The molecule has 0 aliphatic carbocycles. The number of hydrogen-bond donors (Lipinski definition) is 0. The van der Waals surface area contributed by atoms with E-state index in [-0.39, 0.29) is 12.4 Å². The maximum Gasteiger partial charge on any atom is 0.311 e. The minimum absolute atomic E-state index is 0.134.